The molecule has 0 saturated heterocycles. The molecule has 0 radical (unpaired) electrons. The number of nitrogens with zero attached hydrogens (tertiary/aromatic N) is 3. The van der Waals surface area contributed by atoms with Crippen molar-refractivity contribution in [1.29, 1.82) is 0 Å². The van der Waals surface area contributed by atoms with Crippen molar-refractivity contribution >= 4 is 17.7 Å². The predicted molar refractivity (Wildman–Crippen MR) is 127 cm³/mol. The maximum absolute atomic E-state index is 13.2. The number of nitrogens with one attached hydrogen (secondary N) is 2. The Kier molecular flexibility index (Phi) is 6.90. The number of likely N-dealkylation sites (N-methyl/N-ethyl adjacent to an activating group) is 1. The molecule has 0 spiro atoms. The monoisotopic (exact) mass is 467 g/mol. The molecule has 4 rings (SSSR count). The largest absolute Gasteiger partial charge is 0.496 e. The van der Waals surface area contributed by atoms with Gasteiger partial charge < -0.3 is 20.3 Å². The Hall–Kier alpha value is -3.36. The van der Waals surface area contributed by atoms with E-state index in [0.29, 0.717) is 18.7 Å². The Morgan fingerprint density at radius 3 is 2.68 bits per heavy atom. The van der Waals surface area contributed by atoms with Crippen LogP contribution in [0.3, 0.4) is 0 Å². The molecule has 0 unspecified atom stereocenters. The van der Waals surface area contributed by atoms with Crippen LogP contribution in [-0.4, -0.2) is 64.7 Å². The van der Waals surface area contributed by atoms with Crippen LogP contribution < -0.4 is 15.4 Å². The average Bonchev–Trinajstić information content (AvgIpc) is 3.27. The molecule has 1 aromatic carbocycles. The van der Waals surface area contributed by atoms with Gasteiger partial charge in [-0.05, 0) is 37.8 Å². The van der Waals surface area contributed by atoms with Crippen LogP contribution in [0.15, 0.2) is 30.3 Å². The van der Waals surface area contributed by atoms with E-state index in [9.17, 15) is 14.4 Å². The normalized spacial score (nSPS) is 20.6. The van der Waals surface area contributed by atoms with Crippen LogP contribution in [0.4, 0.5) is 0 Å². The van der Waals surface area contributed by atoms with Crippen molar-refractivity contribution in [2.45, 2.75) is 63.6 Å². The number of rotatable bonds is 7. The number of amides is 3. The highest BCUT2D eigenvalue weighted by Crippen LogP contribution is 2.27. The van der Waals surface area contributed by atoms with Crippen LogP contribution in [-0.2, 0) is 17.8 Å². The zero-order chi connectivity index (χ0) is 24.3. The smallest absolute Gasteiger partial charge is 0.272 e. The van der Waals surface area contributed by atoms with Crippen LogP contribution >= 0.6 is 0 Å². The van der Waals surface area contributed by atoms with Gasteiger partial charge in [0.25, 0.3) is 11.8 Å². The zero-order valence-corrected chi connectivity index (χ0v) is 20.1. The summed E-state index contributed by atoms with van der Waals surface area (Å²) in [5, 5.41) is 10.4. The highest BCUT2D eigenvalue weighted by Gasteiger charge is 2.46. The summed E-state index contributed by atoms with van der Waals surface area (Å²) in [5.41, 5.74) is 0.380. The van der Waals surface area contributed by atoms with Gasteiger partial charge in [-0.1, -0.05) is 37.5 Å². The van der Waals surface area contributed by atoms with Gasteiger partial charge in [0, 0.05) is 25.7 Å². The lowest BCUT2D eigenvalue weighted by Gasteiger charge is -2.41. The lowest BCUT2D eigenvalue weighted by atomic mass is 9.92. The third-order valence-corrected chi connectivity index (χ3v) is 7.04. The first-order chi connectivity index (χ1) is 16.3. The molecule has 1 saturated carbocycles. The predicted octanol–water partition coefficient (Wildman–Crippen LogP) is 2.16. The first kappa shape index (κ1) is 23.8. The topological polar surface area (TPSA) is 106 Å². The van der Waals surface area contributed by atoms with E-state index in [1.54, 1.807) is 21.1 Å². The van der Waals surface area contributed by atoms with E-state index in [0.717, 1.165) is 37.0 Å². The minimum absolute atomic E-state index is 0.144. The number of para-hydroxylation sites is 1. The number of ether oxygens (including phenoxy) is 1. The van der Waals surface area contributed by atoms with Crippen molar-refractivity contribution in [2.75, 3.05) is 20.7 Å². The summed E-state index contributed by atoms with van der Waals surface area (Å²) >= 11 is 0. The average molecular weight is 468 g/mol. The Labute approximate surface area is 199 Å². The second-order valence-corrected chi connectivity index (χ2v) is 9.34. The van der Waals surface area contributed by atoms with E-state index in [4.69, 9.17) is 4.74 Å². The second-order valence-electron chi connectivity index (χ2n) is 9.34. The molecule has 0 bridgehead atoms. The Morgan fingerprint density at radius 1 is 1.21 bits per heavy atom. The molecule has 1 aliphatic heterocycles. The van der Waals surface area contributed by atoms with Crippen molar-refractivity contribution in [3.63, 3.8) is 0 Å². The first-order valence-corrected chi connectivity index (χ1v) is 11.9. The van der Waals surface area contributed by atoms with E-state index in [-0.39, 0.29) is 36.0 Å². The molecule has 2 heterocycles. The van der Waals surface area contributed by atoms with Crippen LogP contribution in [0.5, 0.6) is 5.75 Å². The van der Waals surface area contributed by atoms with Crippen molar-refractivity contribution in [3.05, 3.63) is 47.3 Å². The summed E-state index contributed by atoms with van der Waals surface area (Å²) < 4.78 is 6.83. The van der Waals surface area contributed by atoms with Crippen LogP contribution in [0.1, 0.15) is 65.6 Å². The highest BCUT2D eigenvalue weighted by atomic mass is 16.5. The van der Waals surface area contributed by atoms with Gasteiger partial charge in [0.1, 0.15) is 17.0 Å². The maximum atomic E-state index is 13.2. The standard InChI is InChI=1S/C25H33N5O4/c1-25(24(33)27-18-10-5-4-6-11-18)16-30-20(23(32)29(25)2)15-19(28-30)22(31)26-14-13-17-9-7-8-12-21(17)34-3/h7-9,12,15,18H,4-6,10-11,13-14,16H2,1-3H3,(H,26,31)(H,27,33)/t25-/m1/s1. The Balaban J connectivity index is 1.43. The lowest BCUT2D eigenvalue weighted by Crippen LogP contribution is -2.63. The van der Waals surface area contributed by atoms with Gasteiger partial charge >= 0.3 is 0 Å². The summed E-state index contributed by atoms with van der Waals surface area (Å²) in [4.78, 5) is 40.5. The van der Waals surface area contributed by atoms with Gasteiger partial charge in [-0.3, -0.25) is 19.1 Å². The van der Waals surface area contributed by atoms with Crippen molar-refractivity contribution < 1.29 is 19.1 Å². The number of carbonyl (C=O) groups excluding carboxylic acids is 3. The number of hydrogen-bond acceptors (Lipinski definition) is 5. The molecule has 2 aliphatic rings. The second kappa shape index (κ2) is 9.87. The minimum atomic E-state index is -1.08. The highest BCUT2D eigenvalue weighted by molar-refractivity contribution is 6.01. The molecule has 1 fully saturated rings. The van der Waals surface area contributed by atoms with Crippen LogP contribution in [0, 0.1) is 0 Å². The van der Waals surface area contributed by atoms with E-state index >= 15 is 0 Å². The van der Waals surface area contributed by atoms with E-state index in [1.165, 1.54) is 22.1 Å². The summed E-state index contributed by atoms with van der Waals surface area (Å²) in [6, 6.07) is 9.29. The van der Waals surface area contributed by atoms with Crippen molar-refractivity contribution in [3.8, 4) is 5.75 Å². The Bertz CT molecular complexity index is 1080. The molecule has 1 atom stereocenters. The molecule has 9 nitrogen and oxygen atoms in total. The van der Waals surface area contributed by atoms with E-state index in [2.05, 4.69) is 15.7 Å². The fourth-order valence-corrected chi connectivity index (χ4v) is 4.74. The zero-order valence-electron chi connectivity index (χ0n) is 20.1. The molecule has 1 aromatic heterocycles. The lowest BCUT2D eigenvalue weighted by molar-refractivity contribution is -0.133. The van der Waals surface area contributed by atoms with E-state index in [1.807, 2.05) is 24.3 Å². The van der Waals surface area contributed by atoms with Gasteiger partial charge in [0.2, 0.25) is 5.91 Å². The Morgan fingerprint density at radius 2 is 1.94 bits per heavy atom. The summed E-state index contributed by atoms with van der Waals surface area (Å²) in [7, 11) is 3.25. The van der Waals surface area contributed by atoms with Gasteiger partial charge in [0.15, 0.2) is 5.69 Å². The molecule has 2 N–H and O–H groups in total. The number of benzene rings is 1. The SMILES string of the molecule is COc1ccccc1CCNC(=O)c1cc2n(n1)C[C@](C)(C(=O)NC1CCCCC1)N(C)C2=O. The molecule has 1 aliphatic carbocycles. The van der Waals surface area contributed by atoms with Gasteiger partial charge in [-0.25, -0.2) is 0 Å². The summed E-state index contributed by atoms with van der Waals surface area (Å²) in [6.45, 7) is 2.34. The molecule has 3 amide bonds. The fraction of sp³-hybridized carbons (Fsp3) is 0.520. The molecular weight excluding hydrogens is 434 g/mol. The van der Waals surface area contributed by atoms with Gasteiger partial charge in [0.05, 0.1) is 13.7 Å². The first-order valence-electron chi connectivity index (χ1n) is 11.9. The maximum Gasteiger partial charge on any atom is 0.272 e. The minimum Gasteiger partial charge on any atom is -0.496 e. The molecule has 34 heavy (non-hydrogen) atoms. The molecule has 182 valence electrons. The fourth-order valence-electron chi connectivity index (χ4n) is 4.74. The summed E-state index contributed by atoms with van der Waals surface area (Å²) in [5.74, 6) is -0.0958. The molecular formula is C25H33N5O4. The van der Waals surface area contributed by atoms with Crippen molar-refractivity contribution in [2.24, 2.45) is 0 Å². The number of hydrogen-bond donors (Lipinski definition) is 2. The van der Waals surface area contributed by atoms with Gasteiger partial charge in [-0.15, -0.1) is 0 Å². The van der Waals surface area contributed by atoms with Crippen LogP contribution in [0.25, 0.3) is 0 Å². The van der Waals surface area contributed by atoms with Gasteiger partial charge in [-0.2, -0.15) is 5.10 Å². The van der Waals surface area contributed by atoms with E-state index < -0.39 is 5.54 Å². The number of carbonyl (C=O) groups is 3. The number of aromatic nitrogens is 2. The summed E-state index contributed by atoms with van der Waals surface area (Å²) in [6.07, 6.45) is 5.94. The number of methoxy groups -OCH3 is 1. The quantitative estimate of drug-likeness (QED) is 0.649. The third-order valence-electron chi connectivity index (χ3n) is 7.04. The third kappa shape index (κ3) is 4.64. The molecule has 2 aromatic rings. The number of fused-ring (bicyclic) bond motifs is 1. The molecule has 9 heteroatoms. The van der Waals surface area contributed by atoms with Crippen molar-refractivity contribution in [1.82, 2.24) is 25.3 Å². The van der Waals surface area contributed by atoms with Crippen LogP contribution in [0.2, 0.25) is 0 Å².